The number of anilines is 1. The van der Waals surface area contributed by atoms with Gasteiger partial charge in [-0.3, -0.25) is 4.79 Å². The van der Waals surface area contributed by atoms with Gasteiger partial charge in [-0.05, 0) is 50.7 Å². The highest BCUT2D eigenvalue weighted by molar-refractivity contribution is 5.79. The maximum absolute atomic E-state index is 12.1. The smallest absolute Gasteiger partial charge is 0.235 e. The Bertz CT molecular complexity index is 611. The van der Waals surface area contributed by atoms with Crippen molar-refractivity contribution >= 4 is 11.7 Å². The molecule has 0 spiro atoms. The molecule has 7 heteroatoms. The number of hydrogen-bond donors (Lipinski definition) is 2. The van der Waals surface area contributed by atoms with Crippen molar-refractivity contribution in [3.8, 4) is 6.07 Å². The molecule has 0 aromatic carbocycles. The third-order valence-electron chi connectivity index (χ3n) is 4.92. The monoisotopic (exact) mass is 328 g/mol. The molecule has 2 atom stereocenters. The van der Waals surface area contributed by atoms with E-state index in [1.165, 1.54) is 0 Å². The Morgan fingerprint density at radius 2 is 2.33 bits per heavy atom. The number of nitrogens with zero attached hydrogens (tertiary/aromatic N) is 4. The van der Waals surface area contributed by atoms with E-state index in [-0.39, 0.29) is 12.5 Å². The number of hydrogen-bond acceptors (Lipinski definition) is 6. The summed E-state index contributed by atoms with van der Waals surface area (Å²) in [4.78, 5) is 14.4. The summed E-state index contributed by atoms with van der Waals surface area (Å²) in [5.74, 6) is 1.07. The minimum Gasteiger partial charge on any atom is -0.351 e. The second-order valence-electron chi connectivity index (χ2n) is 6.84. The van der Waals surface area contributed by atoms with E-state index in [1.54, 1.807) is 6.20 Å². The molecular weight excluding hydrogens is 304 g/mol. The summed E-state index contributed by atoms with van der Waals surface area (Å²) >= 11 is 0. The normalized spacial score (nSPS) is 22.7. The predicted molar refractivity (Wildman–Crippen MR) is 90.2 cm³/mol. The molecule has 2 aliphatic rings. The molecular formula is C17H24N6O. The molecule has 1 saturated heterocycles. The lowest BCUT2D eigenvalue weighted by atomic mass is 9.98. The van der Waals surface area contributed by atoms with Crippen LogP contribution in [0.3, 0.4) is 0 Å². The molecule has 7 nitrogen and oxygen atoms in total. The van der Waals surface area contributed by atoms with Gasteiger partial charge in [-0.25, -0.2) is 0 Å². The van der Waals surface area contributed by atoms with Crippen molar-refractivity contribution in [2.75, 3.05) is 24.5 Å². The van der Waals surface area contributed by atoms with Crippen LogP contribution in [-0.2, 0) is 4.79 Å². The number of rotatable bonds is 7. The minimum absolute atomic E-state index is 0.116. The Morgan fingerprint density at radius 3 is 3.00 bits per heavy atom. The van der Waals surface area contributed by atoms with E-state index >= 15 is 0 Å². The zero-order valence-electron chi connectivity index (χ0n) is 14.0. The maximum Gasteiger partial charge on any atom is 0.235 e. The fourth-order valence-corrected chi connectivity index (χ4v) is 3.36. The van der Waals surface area contributed by atoms with E-state index in [0.29, 0.717) is 12.0 Å². The predicted octanol–water partition coefficient (Wildman–Crippen LogP) is 0.843. The first-order valence-corrected chi connectivity index (χ1v) is 8.60. The average molecular weight is 328 g/mol. The molecule has 2 N–H and O–H groups in total. The van der Waals surface area contributed by atoms with Crippen molar-refractivity contribution in [3.63, 3.8) is 0 Å². The van der Waals surface area contributed by atoms with Crippen molar-refractivity contribution in [1.29, 1.82) is 5.26 Å². The quantitative estimate of drug-likeness (QED) is 0.770. The number of carbonyl (C=O) groups excluding carboxylic acids is 1. The molecule has 1 aliphatic carbocycles. The molecule has 1 aliphatic heterocycles. The van der Waals surface area contributed by atoms with E-state index < -0.39 is 5.54 Å². The molecule has 1 saturated carbocycles. The Hall–Kier alpha value is -2.20. The number of nitriles is 1. The summed E-state index contributed by atoms with van der Waals surface area (Å²) in [6.07, 6.45) is 5.90. The standard InChI is InChI=1S/C17H24N6O/c1-17(12-18,13-6-7-13)21-16(24)11-19-10-14-4-3-9-23(14)15-5-2-8-20-22-15/h2,5,8,13-14,19H,3-4,6-7,9-11H2,1H3,(H,21,24). The molecule has 1 amide bonds. The summed E-state index contributed by atoms with van der Waals surface area (Å²) in [7, 11) is 0. The van der Waals surface area contributed by atoms with Gasteiger partial charge >= 0.3 is 0 Å². The lowest BCUT2D eigenvalue weighted by Gasteiger charge is -2.26. The molecule has 3 rings (SSSR count). The van der Waals surface area contributed by atoms with Crippen LogP contribution in [0.1, 0.15) is 32.6 Å². The van der Waals surface area contributed by atoms with Gasteiger partial charge in [0, 0.05) is 25.3 Å². The van der Waals surface area contributed by atoms with E-state index in [0.717, 1.165) is 44.6 Å². The van der Waals surface area contributed by atoms with Gasteiger partial charge < -0.3 is 15.5 Å². The topological polar surface area (TPSA) is 93.9 Å². The van der Waals surface area contributed by atoms with Crippen LogP contribution in [0.2, 0.25) is 0 Å². The van der Waals surface area contributed by atoms with Crippen LogP contribution in [0, 0.1) is 17.2 Å². The molecule has 128 valence electrons. The van der Waals surface area contributed by atoms with Crippen molar-refractivity contribution in [2.24, 2.45) is 5.92 Å². The van der Waals surface area contributed by atoms with Gasteiger partial charge in [0.2, 0.25) is 5.91 Å². The van der Waals surface area contributed by atoms with Crippen LogP contribution < -0.4 is 15.5 Å². The Kier molecular flexibility index (Phi) is 4.95. The van der Waals surface area contributed by atoms with Crippen LogP contribution in [0.25, 0.3) is 0 Å². The zero-order chi connectivity index (χ0) is 17.0. The third kappa shape index (κ3) is 3.82. The zero-order valence-corrected chi connectivity index (χ0v) is 14.0. The highest BCUT2D eigenvalue weighted by atomic mass is 16.2. The highest BCUT2D eigenvalue weighted by Crippen LogP contribution is 2.39. The first-order chi connectivity index (χ1) is 11.6. The largest absolute Gasteiger partial charge is 0.351 e. The maximum atomic E-state index is 12.1. The number of amides is 1. The van der Waals surface area contributed by atoms with E-state index in [1.807, 2.05) is 19.1 Å². The van der Waals surface area contributed by atoms with Crippen LogP contribution >= 0.6 is 0 Å². The lowest BCUT2D eigenvalue weighted by molar-refractivity contribution is -0.121. The minimum atomic E-state index is -0.724. The second kappa shape index (κ2) is 7.14. The first kappa shape index (κ1) is 16.7. The Balaban J connectivity index is 1.46. The number of aromatic nitrogens is 2. The van der Waals surface area contributed by atoms with Gasteiger partial charge in [0.15, 0.2) is 5.82 Å². The fourth-order valence-electron chi connectivity index (χ4n) is 3.36. The van der Waals surface area contributed by atoms with Crippen molar-refractivity contribution in [3.05, 3.63) is 18.3 Å². The van der Waals surface area contributed by atoms with Gasteiger partial charge in [-0.2, -0.15) is 10.4 Å². The van der Waals surface area contributed by atoms with Gasteiger partial charge in [-0.15, -0.1) is 5.10 Å². The molecule has 2 fully saturated rings. The van der Waals surface area contributed by atoms with Crippen molar-refractivity contribution in [2.45, 2.75) is 44.2 Å². The Labute approximate surface area is 142 Å². The molecule has 2 unspecified atom stereocenters. The van der Waals surface area contributed by atoms with Crippen molar-refractivity contribution in [1.82, 2.24) is 20.8 Å². The summed E-state index contributed by atoms with van der Waals surface area (Å²) in [5.41, 5.74) is -0.724. The summed E-state index contributed by atoms with van der Waals surface area (Å²) in [6, 6.07) is 6.42. The molecule has 24 heavy (non-hydrogen) atoms. The first-order valence-electron chi connectivity index (χ1n) is 8.60. The Morgan fingerprint density at radius 1 is 1.50 bits per heavy atom. The highest BCUT2D eigenvalue weighted by Gasteiger charge is 2.42. The summed E-state index contributed by atoms with van der Waals surface area (Å²) in [5, 5.41) is 23.5. The molecule has 1 aromatic rings. The van der Waals surface area contributed by atoms with Crippen LogP contribution in [-0.4, -0.2) is 47.3 Å². The van der Waals surface area contributed by atoms with Crippen molar-refractivity contribution < 1.29 is 4.79 Å². The van der Waals surface area contributed by atoms with Gasteiger partial charge in [0.25, 0.3) is 0 Å². The number of nitrogens with one attached hydrogen (secondary N) is 2. The van der Waals surface area contributed by atoms with Crippen LogP contribution in [0.5, 0.6) is 0 Å². The van der Waals surface area contributed by atoms with Gasteiger partial charge in [0.1, 0.15) is 5.54 Å². The summed E-state index contributed by atoms with van der Waals surface area (Å²) < 4.78 is 0. The van der Waals surface area contributed by atoms with E-state index in [9.17, 15) is 10.1 Å². The third-order valence-corrected chi connectivity index (χ3v) is 4.92. The molecule has 1 aromatic heterocycles. The van der Waals surface area contributed by atoms with Crippen LogP contribution in [0.4, 0.5) is 5.82 Å². The summed E-state index contributed by atoms with van der Waals surface area (Å²) in [6.45, 7) is 3.73. The van der Waals surface area contributed by atoms with E-state index in [2.05, 4.69) is 31.8 Å². The second-order valence-corrected chi connectivity index (χ2v) is 6.84. The molecule has 0 bridgehead atoms. The van der Waals surface area contributed by atoms with Gasteiger partial charge in [0.05, 0.1) is 12.6 Å². The van der Waals surface area contributed by atoms with E-state index in [4.69, 9.17) is 0 Å². The van der Waals surface area contributed by atoms with Gasteiger partial charge in [-0.1, -0.05) is 0 Å². The molecule has 0 radical (unpaired) electrons. The number of carbonyl (C=O) groups is 1. The lowest BCUT2D eigenvalue weighted by Crippen LogP contribution is -2.50. The SMILES string of the molecule is CC(C#N)(NC(=O)CNCC1CCCN1c1cccnn1)C1CC1. The average Bonchev–Trinajstić information content (AvgIpc) is 3.36. The fraction of sp³-hybridized carbons (Fsp3) is 0.647. The molecule has 2 heterocycles. The van der Waals surface area contributed by atoms with Crippen LogP contribution in [0.15, 0.2) is 18.3 Å².